The number of fused-ring (bicyclic) bond motifs is 5. The highest BCUT2D eigenvalue weighted by molar-refractivity contribution is 7.70. The van der Waals surface area contributed by atoms with E-state index in [4.69, 9.17) is 4.98 Å². The molecule has 0 saturated heterocycles. The molecule has 1 aromatic carbocycles. The van der Waals surface area contributed by atoms with Crippen molar-refractivity contribution in [2.75, 3.05) is 25.2 Å². The summed E-state index contributed by atoms with van der Waals surface area (Å²) in [7, 11) is -2.40. The number of hydrogen-bond acceptors (Lipinski definition) is 5. The molecule has 7 heteroatoms. The van der Waals surface area contributed by atoms with E-state index in [1.165, 1.54) is 0 Å². The SMILES string of the molecule is CC(O)CNc1ncc2c(n1)-c1c([nH]c3c(P(C)(C)=O)cccc13)CCC2. The predicted molar refractivity (Wildman–Crippen MR) is 111 cm³/mol. The van der Waals surface area contributed by atoms with Crippen LogP contribution >= 0.6 is 7.14 Å². The smallest absolute Gasteiger partial charge is 0.223 e. The Morgan fingerprint density at radius 1 is 1.33 bits per heavy atom. The predicted octanol–water partition coefficient (Wildman–Crippen LogP) is 3.15. The highest BCUT2D eigenvalue weighted by atomic mass is 31.2. The summed E-state index contributed by atoms with van der Waals surface area (Å²) in [6.07, 6.45) is 4.28. The van der Waals surface area contributed by atoms with Crippen LogP contribution in [0.3, 0.4) is 0 Å². The number of aryl methyl sites for hydroxylation is 2. The van der Waals surface area contributed by atoms with Gasteiger partial charge in [0.25, 0.3) is 0 Å². The van der Waals surface area contributed by atoms with Gasteiger partial charge in [0.2, 0.25) is 5.95 Å². The van der Waals surface area contributed by atoms with Gasteiger partial charge >= 0.3 is 0 Å². The van der Waals surface area contributed by atoms with Crippen LogP contribution in [0.1, 0.15) is 24.6 Å². The molecule has 1 atom stereocenters. The molecule has 0 bridgehead atoms. The second-order valence-electron chi connectivity index (χ2n) is 7.68. The Morgan fingerprint density at radius 3 is 2.89 bits per heavy atom. The van der Waals surface area contributed by atoms with Gasteiger partial charge < -0.3 is 20.0 Å². The number of nitrogens with zero attached hydrogens (tertiary/aromatic N) is 2. The maximum atomic E-state index is 12.8. The van der Waals surface area contributed by atoms with Crippen molar-refractivity contribution in [2.45, 2.75) is 32.3 Å². The molecular weight excluding hydrogens is 359 g/mol. The number of aliphatic hydroxyl groups excluding tert-OH is 1. The number of aliphatic hydroxyl groups is 1. The summed E-state index contributed by atoms with van der Waals surface area (Å²) < 4.78 is 12.8. The van der Waals surface area contributed by atoms with Crippen molar-refractivity contribution in [1.82, 2.24) is 15.0 Å². The van der Waals surface area contributed by atoms with Crippen LogP contribution in [0.25, 0.3) is 22.2 Å². The van der Waals surface area contributed by atoms with E-state index in [0.29, 0.717) is 12.5 Å². The number of para-hydroxylation sites is 1. The lowest BCUT2D eigenvalue weighted by Crippen LogP contribution is -2.17. The summed E-state index contributed by atoms with van der Waals surface area (Å²) in [6, 6.07) is 6.00. The first kappa shape index (κ1) is 18.2. The molecule has 142 valence electrons. The van der Waals surface area contributed by atoms with Crippen molar-refractivity contribution in [3.05, 3.63) is 35.7 Å². The van der Waals surface area contributed by atoms with Crippen molar-refractivity contribution >= 4 is 29.3 Å². The van der Waals surface area contributed by atoms with Gasteiger partial charge in [0.05, 0.1) is 17.3 Å². The van der Waals surface area contributed by atoms with Crippen LogP contribution < -0.4 is 10.6 Å². The zero-order valence-electron chi connectivity index (χ0n) is 15.9. The van der Waals surface area contributed by atoms with Crippen LogP contribution in [0.2, 0.25) is 0 Å². The largest absolute Gasteiger partial charge is 0.392 e. The van der Waals surface area contributed by atoms with Crippen LogP contribution in [-0.2, 0) is 17.4 Å². The molecule has 1 aliphatic rings. The van der Waals surface area contributed by atoms with Gasteiger partial charge in [0, 0.05) is 34.7 Å². The maximum Gasteiger partial charge on any atom is 0.223 e. The maximum absolute atomic E-state index is 12.8. The van der Waals surface area contributed by atoms with Gasteiger partial charge in [-0.1, -0.05) is 12.1 Å². The van der Waals surface area contributed by atoms with Gasteiger partial charge in [-0.05, 0) is 51.1 Å². The summed E-state index contributed by atoms with van der Waals surface area (Å²) in [5, 5.41) is 14.6. The van der Waals surface area contributed by atoms with Crippen molar-refractivity contribution in [3.63, 3.8) is 0 Å². The monoisotopic (exact) mass is 384 g/mol. The molecule has 27 heavy (non-hydrogen) atoms. The fourth-order valence-corrected chi connectivity index (χ4v) is 4.91. The molecule has 1 aliphatic carbocycles. The molecule has 0 aliphatic heterocycles. The third kappa shape index (κ3) is 3.40. The van der Waals surface area contributed by atoms with Crippen molar-refractivity contribution < 1.29 is 9.67 Å². The number of rotatable bonds is 4. The Bertz CT molecular complexity index is 1050. The molecule has 0 saturated carbocycles. The Balaban J connectivity index is 1.92. The van der Waals surface area contributed by atoms with Crippen LogP contribution in [0.4, 0.5) is 5.95 Å². The molecule has 2 heterocycles. The van der Waals surface area contributed by atoms with Gasteiger partial charge in [-0.15, -0.1) is 0 Å². The standard InChI is InChI=1S/C20H25N4O2P/c1-12(25)10-21-20-22-11-13-6-4-8-15-17(18(13)24-20)14-7-5-9-16(19(14)23-15)27(2,3)26/h5,7,9,11-12,23,25H,4,6,8,10H2,1-3H3,(H,21,22,24). The third-order valence-corrected chi connectivity index (χ3v) is 6.53. The summed E-state index contributed by atoms with van der Waals surface area (Å²) >= 11 is 0. The van der Waals surface area contributed by atoms with Gasteiger partial charge in [-0.25, -0.2) is 9.97 Å². The van der Waals surface area contributed by atoms with Crippen molar-refractivity contribution in [1.29, 1.82) is 0 Å². The van der Waals surface area contributed by atoms with Gasteiger partial charge in [0.15, 0.2) is 0 Å². The van der Waals surface area contributed by atoms with E-state index in [2.05, 4.69) is 21.4 Å². The number of aromatic amines is 1. The summed E-state index contributed by atoms with van der Waals surface area (Å²) in [6.45, 7) is 5.74. The number of anilines is 1. The number of hydrogen-bond donors (Lipinski definition) is 3. The molecule has 0 fully saturated rings. The average Bonchev–Trinajstić information content (AvgIpc) is 2.88. The summed E-state index contributed by atoms with van der Waals surface area (Å²) in [5.41, 5.74) is 5.25. The summed E-state index contributed by atoms with van der Waals surface area (Å²) in [5.74, 6) is 0.518. The first-order valence-corrected chi connectivity index (χ1v) is 11.9. The minimum absolute atomic E-state index is 0.401. The lowest BCUT2D eigenvalue weighted by atomic mass is 10.0. The van der Waals surface area contributed by atoms with Gasteiger partial charge in [0.1, 0.15) is 7.14 Å². The fourth-order valence-electron chi connectivity index (χ4n) is 3.75. The number of benzene rings is 1. The average molecular weight is 384 g/mol. The Morgan fingerprint density at radius 2 is 2.15 bits per heavy atom. The normalized spacial score (nSPS) is 15.1. The van der Waals surface area contributed by atoms with Crippen molar-refractivity contribution in [2.24, 2.45) is 0 Å². The van der Waals surface area contributed by atoms with Gasteiger partial charge in [-0.2, -0.15) is 0 Å². The Hall–Kier alpha value is -2.17. The highest BCUT2D eigenvalue weighted by Gasteiger charge is 2.25. The molecule has 3 aromatic rings. The molecule has 2 aromatic heterocycles. The second-order valence-corrected chi connectivity index (χ2v) is 10.9. The molecule has 0 spiro atoms. The zero-order chi connectivity index (χ0) is 19.2. The van der Waals surface area contributed by atoms with Crippen LogP contribution in [0, 0.1) is 0 Å². The molecule has 4 rings (SSSR count). The van der Waals surface area contributed by atoms with Gasteiger partial charge in [-0.3, -0.25) is 0 Å². The van der Waals surface area contributed by atoms with Crippen LogP contribution in [-0.4, -0.2) is 46.0 Å². The first-order chi connectivity index (χ1) is 12.8. The topological polar surface area (TPSA) is 90.9 Å². The third-order valence-electron chi connectivity index (χ3n) is 5.00. The van der Waals surface area contributed by atoms with Crippen LogP contribution in [0.5, 0.6) is 0 Å². The Kier molecular flexibility index (Phi) is 4.57. The van der Waals surface area contributed by atoms with E-state index in [0.717, 1.165) is 58.0 Å². The minimum atomic E-state index is -2.40. The molecule has 1 unspecified atom stereocenters. The molecule has 0 amide bonds. The Labute approximate surface area is 158 Å². The quantitative estimate of drug-likeness (QED) is 0.601. The fraction of sp³-hybridized carbons (Fsp3) is 0.400. The number of aromatic nitrogens is 3. The molecular formula is C20H25N4O2P. The number of nitrogens with one attached hydrogen (secondary N) is 2. The van der Waals surface area contributed by atoms with Crippen molar-refractivity contribution in [3.8, 4) is 11.3 Å². The van der Waals surface area contributed by atoms with E-state index >= 15 is 0 Å². The zero-order valence-corrected chi connectivity index (χ0v) is 16.8. The minimum Gasteiger partial charge on any atom is -0.392 e. The van der Waals surface area contributed by atoms with E-state index in [9.17, 15) is 9.67 Å². The second kappa shape index (κ2) is 6.77. The highest BCUT2D eigenvalue weighted by Crippen LogP contribution is 2.42. The van der Waals surface area contributed by atoms with Crippen LogP contribution in [0.15, 0.2) is 24.4 Å². The lowest BCUT2D eigenvalue weighted by Gasteiger charge is -2.11. The molecule has 0 radical (unpaired) electrons. The van der Waals surface area contributed by atoms with E-state index in [1.54, 1.807) is 6.92 Å². The first-order valence-electron chi connectivity index (χ1n) is 9.32. The van der Waals surface area contributed by atoms with E-state index < -0.39 is 13.2 Å². The molecule has 6 nitrogen and oxygen atoms in total. The number of H-pyrrole nitrogens is 1. The summed E-state index contributed by atoms with van der Waals surface area (Å²) in [4.78, 5) is 12.7. The van der Waals surface area contributed by atoms with E-state index in [1.807, 2.05) is 31.7 Å². The lowest BCUT2D eigenvalue weighted by molar-refractivity contribution is 0.208. The molecule has 3 N–H and O–H groups in total. The van der Waals surface area contributed by atoms with E-state index in [-0.39, 0.29) is 0 Å².